The van der Waals surface area contributed by atoms with Crippen molar-refractivity contribution in [2.24, 2.45) is 0 Å². The second-order valence-electron chi connectivity index (χ2n) is 8.13. The van der Waals surface area contributed by atoms with Gasteiger partial charge in [-0.05, 0) is 56.2 Å². The normalized spacial score (nSPS) is 19.6. The van der Waals surface area contributed by atoms with Gasteiger partial charge in [0.2, 0.25) is 0 Å². The highest BCUT2D eigenvalue weighted by Gasteiger charge is 2.45. The van der Waals surface area contributed by atoms with E-state index in [-0.39, 0.29) is 12.2 Å². The Kier molecular flexibility index (Phi) is 7.81. The fourth-order valence-electron chi connectivity index (χ4n) is 3.69. The Morgan fingerprint density at radius 2 is 2.03 bits per heavy atom. The molecule has 0 spiro atoms. The number of hydrogen-bond acceptors (Lipinski definition) is 4. The van der Waals surface area contributed by atoms with Crippen LogP contribution in [0, 0.1) is 0 Å². The van der Waals surface area contributed by atoms with Crippen molar-refractivity contribution in [2.75, 3.05) is 18.5 Å². The van der Waals surface area contributed by atoms with Crippen molar-refractivity contribution in [1.82, 2.24) is 0 Å². The maximum Gasteiger partial charge on any atom is 0.132 e. The Morgan fingerprint density at radius 3 is 2.77 bits per heavy atom. The first kappa shape index (κ1) is 22.7. The fraction of sp³-hybridized carbons (Fsp3) is 0.440. The predicted molar refractivity (Wildman–Crippen MR) is 123 cm³/mol. The monoisotopic (exact) mass is 429 g/mol. The average molecular weight is 430 g/mol. The second-order valence-corrected chi connectivity index (χ2v) is 8.57. The third kappa shape index (κ3) is 5.57. The molecule has 2 aromatic rings. The maximum absolute atomic E-state index is 6.34. The molecule has 0 fully saturated rings. The van der Waals surface area contributed by atoms with Gasteiger partial charge in [-0.1, -0.05) is 43.2 Å². The summed E-state index contributed by atoms with van der Waals surface area (Å²) in [4.78, 5) is 0. The minimum Gasteiger partial charge on any atom is -0.485 e. The molecule has 0 aliphatic carbocycles. The Labute approximate surface area is 185 Å². The van der Waals surface area contributed by atoms with Gasteiger partial charge in [0.05, 0.1) is 6.61 Å². The molecule has 0 aromatic heterocycles. The van der Waals surface area contributed by atoms with Gasteiger partial charge in [0.25, 0.3) is 0 Å². The predicted octanol–water partition coefficient (Wildman–Crippen LogP) is 6.55. The maximum atomic E-state index is 6.34. The number of hydrogen-bond donors (Lipinski definition) is 1. The average Bonchev–Trinajstić information content (AvgIpc) is 2.71. The zero-order valence-corrected chi connectivity index (χ0v) is 18.9. The molecule has 0 amide bonds. The van der Waals surface area contributed by atoms with Crippen molar-refractivity contribution in [3.8, 4) is 5.75 Å². The Morgan fingerprint density at radius 1 is 1.20 bits per heavy atom. The first-order chi connectivity index (χ1) is 14.4. The SMILES string of the molecule is C=CCOC1C(OCCCC)c2cc(NCc3cccc(Cl)c3)ccc2OC1(C)C. The number of unbranched alkanes of at least 4 members (excludes halogenated alkanes) is 1. The van der Waals surface area contributed by atoms with E-state index in [1.807, 2.05) is 44.2 Å². The van der Waals surface area contributed by atoms with Gasteiger partial charge in [0, 0.05) is 29.4 Å². The van der Waals surface area contributed by atoms with Crippen LogP contribution in [0.3, 0.4) is 0 Å². The number of ether oxygens (including phenoxy) is 3. The van der Waals surface area contributed by atoms with Crippen LogP contribution in [0.5, 0.6) is 5.75 Å². The molecule has 0 saturated heterocycles. The number of anilines is 1. The molecule has 5 heteroatoms. The number of nitrogens with one attached hydrogen (secondary N) is 1. The van der Waals surface area contributed by atoms with Crippen molar-refractivity contribution in [2.45, 2.75) is 58.0 Å². The van der Waals surface area contributed by atoms with Crippen LogP contribution in [-0.4, -0.2) is 24.9 Å². The summed E-state index contributed by atoms with van der Waals surface area (Å²) >= 11 is 6.10. The lowest BCUT2D eigenvalue weighted by atomic mass is 9.87. The summed E-state index contributed by atoms with van der Waals surface area (Å²) in [5.74, 6) is 0.841. The van der Waals surface area contributed by atoms with Crippen molar-refractivity contribution >= 4 is 17.3 Å². The number of fused-ring (bicyclic) bond motifs is 1. The molecule has 0 saturated carbocycles. The van der Waals surface area contributed by atoms with Gasteiger partial charge in [-0.3, -0.25) is 0 Å². The lowest BCUT2D eigenvalue weighted by Crippen LogP contribution is -2.51. The van der Waals surface area contributed by atoms with Gasteiger partial charge in [-0.15, -0.1) is 6.58 Å². The zero-order chi connectivity index (χ0) is 21.6. The quantitative estimate of drug-likeness (QED) is 0.343. The molecule has 1 aliphatic heterocycles. The van der Waals surface area contributed by atoms with E-state index in [0.717, 1.165) is 40.4 Å². The smallest absolute Gasteiger partial charge is 0.132 e. The molecule has 2 aromatic carbocycles. The minimum absolute atomic E-state index is 0.205. The van der Waals surface area contributed by atoms with Crippen LogP contribution in [0.15, 0.2) is 55.1 Å². The summed E-state index contributed by atoms with van der Waals surface area (Å²) in [5.41, 5.74) is 2.63. The van der Waals surface area contributed by atoms with Gasteiger partial charge in [-0.25, -0.2) is 0 Å². The van der Waals surface area contributed by atoms with Crippen LogP contribution in [0.1, 0.15) is 50.8 Å². The van der Waals surface area contributed by atoms with Crippen LogP contribution in [0.25, 0.3) is 0 Å². The van der Waals surface area contributed by atoms with E-state index in [4.69, 9.17) is 25.8 Å². The third-order valence-electron chi connectivity index (χ3n) is 5.22. The van der Waals surface area contributed by atoms with Gasteiger partial charge in [0.15, 0.2) is 0 Å². The molecule has 1 N–H and O–H groups in total. The highest BCUT2D eigenvalue weighted by atomic mass is 35.5. The molecule has 1 aliphatic rings. The van der Waals surface area contributed by atoms with E-state index in [9.17, 15) is 0 Å². The van der Waals surface area contributed by atoms with E-state index in [1.54, 1.807) is 6.08 Å². The second kappa shape index (κ2) is 10.3. The molecular weight excluding hydrogens is 398 g/mol. The Bertz CT molecular complexity index is 852. The standard InChI is InChI=1S/C25H32ClNO3/c1-5-7-14-28-23-21-16-20(27-17-18-9-8-10-19(26)15-18)11-12-22(21)30-25(3,4)24(23)29-13-6-2/h6,8-12,15-16,23-24,27H,2,5,7,13-14,17H2,1,3-4H3. The zero-order valence-electron chi connectivity index (χ0n) is 18.1. The molecule has 0 radical (unpaired) electrons. The molecule has 162 valence electrons. The highest BCUT2D eigenvalue weighted by Crippen LogP contribution is 2.44. The third-order valence-corrected chi connectivity index (χ3v) is 5.46. The molecule has 1 heterocycles. The molecule has 4 nitrogen and oxygen atoms in total. The van der Waals surface area contributed by atoms with Gasteiger partial charge in [0.1, 0.15) is 23.6 Å². The van der Waals surface area contributed by atoms with Crippen molar-refractivity contribution in [1.29, 1.82) is 0 Å². The molecule has 2 atom stereocenters. The summed E-state index contributed by atoms with van der Waals surface area (Å²) < 4.78 is 18.8. The summed E-state index contributed by atoms with van der Waals surface area (Å²) in [6, 6.07) is 14.0. The van der Waals surface area contributed by atoms with Gasteiger partial charge < -0.3 is 19.5 Å². The summed E-state index contributed by atoms with van der Waals surface area (Å²) in [7, 11) is 0. The fourth-order valence-corrected chi connectivity index (χ4v) is 3.90. The van der Waals surface area contributed by atoms with E-state index in [1.165, 1.54) is 0 Å². The van der Waals surface area contributed by atoms with Crippen LogP contribution < -0.4 is 10.1 Å². The van der Waals surface area contributed by atoms with E-state index in [0.29, 0.717) is 19.8 Å². The van der Waals surface area contributed by atoms with Gasteiger partial charge in [-0.2, -0.15) is 0 Å². The van der Waals surface area contributed by atoms with E-state index >= 15 is 0 Å². The van der Waals surface area contributed by atoms with Crippen LogP contribution in [0.2, 0.25) is 5.02 Å². The summed E-state index contributed by atoms with van der Waals surface area (Å²) in [6.07, 6.45) is 3.41. The number of rotatable bonds is 10. The van der Waals surface area contributed by atoms with Crippen LogP contribution >= 0.6 is 11.6 Å². The number of halogens is 1. The molecule has 30 heavy (non-hydrogen) atoms. The van der Waals surface area contributed by atoms with Crippen molar-refractivity contribution in [3.05, 3.63) is 71.3 Å². The summed E-state index contributed by atoms with van der Waals surface area (Å²) in [5, 5.41) is 4.22. The first-order valence-corrected chi connectivity index (χ1v) is 11.0. The van der Waals surface area contributed by atoms with Crippen molar-refractivity contribution < 1.29 is 14.2 Å². The lowest BCUT2D eigenvalue weighted by molar-refractivity contribution is -0.157. The molecule has 3 rings (SSSR count). The minimum atomic E-state index is -0.511. The number of benzene rings is 2. The summed E-state index contributed by atoms with van der Waals surface area (Å²) in [6.45, 7) is 11.9. The van der Waals surface area contributed by atoms with Crippen molar-refractivity contribution in [3.63, 3.8) is 0 Å². The van der Waals surface area contributed by atoms with E-state index < -0.39 is 5.60 Å². The lowest BCUT2D eigenvalue weighted by Gasteiger charge is -2.44. The van der Waals surface area contributed by atoms with Crippen LogP contribution in [0.4, 0.5) is 5.69 Å². The Balaban J connectivity index is 1.85. The van der Waals surface area contributed by atoms with Crippen LogP contribution in [-0.2, 0) is 16.0 Å². The molecule has 2 unspecified atom stereocenters. The molecule has 0 bridgehead atoms. The molecular formula is C25H32ClNO3. The largest absolute Gasteiger partial charge is 0.485 e. The Hall–Kier alpha value is -2.01. The van der Waals surface area contributed by atoms with Gasteiger partial charge >= 0.3 is 0 Å². The topological polar surface area (TPSA) is 39.7 Å². The van der Waals surface area contributed by atoms with E-state index in [2.05, 4.69) is 31.0 Å². The first-order valence-electron chi connectivity index (χ1n) is 10.6. The highest BCUT2D eigenvalue weighted by molar-refractivity contribution is 6.30.